The van der Waals surface area contributed by atoms with Crippen molar-refractivity contribution in [1.82, 2.24) is 10.6 Å². The Labute approximate surface area is 204 Å². The molecule has 0 aliphatic rings. The Morgan fingerprint density at radius 1 is 0.833 bits per heavy atom. The number of carbonyl (C=O) groups excluding carboxylic acids is 1. The number of hydrogen-bond acceptors (Lipinski definition) is 3. The van der Waals surface area contributed by atoms with Gasteiger partial charge in [0.2, 0.25) is 5.91 Å². The summed E-state index contributed by atoms with van der Waals surface area (Å²) >= 11 is 0. The summed E-state index contributed by atoms with van der Waals surface area (Å²) in [6.45, 7) is 0.239. The lowest BCUT2D eigenvalue weighted by molar-refractivity contribution is -0.274. The molecule has 0 unspecified atom stereocenters. The molecule has 0 saturated carbocycles. The third-order valence-electron chi connectivity index (χ3n) is 5.56. The summed E-state index contributed by atoms with van der Waals surface area (Å²) in [5.74, 6) is -1.29. The van der Waals surface area contributed by atoms with E-state index < -0.39 is 35.8 Å². The predicted molar refractivity (Wildman–Crippen MR) is 122 cm³/mol. The summed E-state index contributed by atoms with van der Waals surface area (Å²) in [6, 6.07) is 18.0. The Bertz CT molecular complexity index is 1130. The summed E-state index contributed by atoms with van der Waals surface area (Å²) in [5, 5.41) is 5.73. The van der Waals surface area contributed by atoms with Gasteiger partial charge in [0.15, 0.2) is 0 Å². The molecule has 10 heteroatoms. The summed E-state index contributed by atoms with van der Waals surface area (Å²) < 4.78 is 81.4. The lowest BCUT2D eigenvalue weighted by atomic mass is 9.87. The Morgan fingerprint density at radius 2 is 1.47 bits per heavy atom. The van der Waals surface area contributed by atoms with E-state index in [1.54, 1.807) is 36.4 Å². The monoisotopic (exact) mass is 510 g/mol. The van der Waals surface area contributed by atoms with Crippen molar-refractivity contribution in [2.45, 2.75) is 30.9 Å². The molecule has 0 radical (unpaired) electrons. The molecule has 4 nitrogen and oxygen atoms in total. The van der Waals surface area contributed by atoms with Crippen molar-refractivity contribution >= 4 is 5.91 Å². The van der Waals surface area contributed by atoms with Gasteiger partial charge < -0.3 is 15.4 Å². The summed E-state index contributed by atoms with van der Waals surface area (Å²) in [5.41, 5.74) is 0.782. The van der Waals surface area contributed by atoms with Crippen LogP contribution in [-0.2, 0) is 11.0 Å². The zero-order chi connectivity index (χ0) is 26.3. The van der Waals surface area contributed by atoms with Crippen molar-refractivity contribution in [1.29, 1.82) is 0 Å². The fourth-order valence-electron chi connectivity index (χ4n) is 3.88. The van der Waals surface area contributed by atoms with Gasteiger partial charge in [-0.1, -0.05) is 54.6 Å². The average Bonchev–Trinajstić information content (AvgIpc) is 2.83. The molecule has 0 spiro atoms. The van der Waals surface area contributed by atoms with E-state index in [4.69, 9.17) is 0 Å². The Hall–Kier alpha value is -3.53. The maximum absolute atomic E-state index is 13.0. The van der Waals surface area contributed by atoms with Crippen LogP contribution in [0.15, 0.2) is 78.9 Å². The summed E-state index contributed by atoms with van der Waals surface area (Å²) in [6.07, 6.45) is -9.13. The molecule has 3 rings (SSSR count). The fourth-order valence-corrected chi connectivity index (χ4v) is 3.88. The Balaban J connectivity index is 1.88. The second-order valence-corrected chi connectivity index (χ2v) is 7.99. The van der Waals surface area contributed by atoms with Crippen LogP contribution in [0, 0.1) is 0 Å². The molecule has 1 amide bonds. The van der Waals surface area contributed by atoms with E-state index in [0.717, 1.165) is 18.2 Å². The van der Waals surface area contributed by atoms with Crippen LogP contribution in [0.25, 0.3) is 0 Å². The van der Waals surface area contributed by atoms with Crippen LogP contribution >= 0.6 is 0 Å². The van der Waals surface area contributed by atoms with Crippen LogP contribution < -0.4 is 15.4 Å². The predicted octanol–water partition coefficient (Wildman–Crippen LogP) is 6.20. The molecule has 2 atom stereocenters. The van der Waals surface area contributed by atoms with Gasteiger partial charge in [0, 0.05) is 13.0 Å². The minimum atomic E-state index is -4.89. The number of rotatable bonds is 9. The first-order chi connectivity index (χ1) is 17.0. The minimum Gasteiger partial charge on any atom is -0.406 e. The van der Waals surface area contributed by atoms with Gasteiger partial charge in [0.25, 0.3) is 0 Å². The van der Waals surface area contributed by atoms with Gasteiger partial charge in [-0.25, -0.2) is 0 Å². The lowest BCUT2D eigenvalue weighted by Crippen LogP contribution is -2.36. The van der Waals surface area contributed by atoms with Gasteiger partial charge in [0.1, 0.15) is 11.8 Å². The van der Waals surface area contributed by atoms with E-state index in [1.165, 1.54) is 31.3 Å². The van der Waals surface area contributed by atoms with Crippen LogP contribution in [0.3, 0.4) is 0 Å². The third-order valence-corrected chi connectivity index (χ3v) is 5.56. The number of halogens is 6. The van der Waals surface area contributed by atoms with Crippen molar-refractivity contribution in [3.63, 3.8) is 0 Å². The normalized spacial score (nSPS) is 13.6. The van der Waals surface area contributed by atoms with Crippen LogP contribution in [0.4, 0.5) is 26.3 Å². The SMILES string of the molecule is CNC(=O)[C@@H](NCC[C@@H](c1ccc(C(F)(F)F)cc1)c1cccc(OC(F)(F)F)c1)c1ccccc1. The number of benzene rings is 3. The number of hydrogen-bond donors (Lipinski definition) is 2. The Kier molecular flexibility index (Phi) is 8.62. The first-order valence-electron chi connectivity index (χ1n) is 11.0. The molecular formula is C26H24F6N2O2. The highest BCUT2D eigenvalue weighted by atomic mass is 19.4. The van der Waals surface area contributed by atoms with E-state index in [0.29, 0.717) is 16.7 Å². The molecular weight excluding hydrogens is 486 g/mol. The smallest absolute Gasteiger partial charge is 0.406 e. The third kappa shape index (κ3) is 7.48. The maximum atomic E-state index is 13.0. The summed E-state index contributed by atoms with van der Waals surface area (Å²) in [4.78, 5) is 12.4. The average molecular weight is 510 g/mol. The first kappa shape index (κ1) is 27.1. The number of likely N-dealkylation sites (N-methyl/N-ethyl adjacent to an activating group) is 1. The van der Waals surface area contributed by atoms with Crippen LogP contribution in [0.1, 0.15) is 40.6 Å². The summed E-state index contributed by atoms with van der Waals surface area (Å²) in [7, 11) is 1.50. The highest BCUT2D eigenvalue weighted by Crippen LogP contribution is 2.35. The minimum absolute atomic E-state index is 0.239. The maximum Gasteiger partial charge on any atom is 0.573 e. The molecule has 0 fully saturated rings. The van der Waals surface area contributed by atoms with Crippen molar-refractivity contribution < 1.29 is 35.9 Å². The molecule has 0 aliphatic heterocycles. The fraction of sp³-hybridized carbons (Fsp3) is 0.269. The van der Waals surface area contributed by atoms with Crippen LogP contribution in [0.2, 0.25) is 0 Å². The molecule has 3 aromatic rings. The highest BCUT2D eigenvalue weighted by Gasteiger charge is 2.32. The molecule has 0 aromatic heterocycles. The van der Waals surface area contributed by atoms with Crippen molar-refractivity contribution in [2.24, 2.45) is 0 Å². The Morgan fingerprint density at radius 3 is 2.06 bits per heavy atom. The number of amides is 1. The van der Waals surface area contributed by atoms with Gasteiger partial charge in [-0.15, -0.1) is 13.2 Å². The van der Waals surface area contributed by atoms with E-state index in [-0.39, 0.29) is 18.9 Å². The number of carbonyl (C=O) groups is 1. The molecule has 3 aromatic carbocycles. The number of ether oxygens (including phenoxy) is 1. The van der Waals surface area contributed by atoms with Gasteiger partial charge in [0.05, 0.1) is 5.56 Å². The molecule has 0 heterocycles. The van der Waals surface area contributed by atoms with Crippen molar-refractivity contribution in [2.75, 3.05) is 13.6 Å². The van der Waals surface area contributed by atoms with Gasteiger partial charge in [-0.3, -0.25) is 4.79 Å². The molecule has 192 valence electrons. The van der Waals surface area contributed by atoms with Gasteiger partial charge >= 0.3 is 12.5 Å². The zero-order valence-corrected chi connectivity index (χ0v) is 19.2. The van der Waals surface area contributed by atoms with E-state index in [1.807, 2.05) is 0 Å². The quantitative estimate of drug-likeness (QED) is 0.337. The standard InChI is InChI=1S/C26H24F6N2O2/c1-33-24(35)23(18-6-3-2-4-7-18)34-15-14-22(17-10-12-20(13-11-17)25(27,28)29)19-8-5-9-21(16-19)36-26(30,31)32/h2-13,16,22-23,34H,14-15H2,1H3,(H,33,35)/t22-,23-/m0/s1. The van der Waals surface area contributed by atoms with Gasteiger partial charge in [-0.2, -0.15) is 13.2 Å². The van der Waals surface area contributed by atoms with Gasteiger partial charge in [-0.05, 0) is 53.9 Å². The van der Waals surface area contributed by atoms with Crippen molar-refractivity contribution in [3.8, 4) is 5.75 Å². The molecule has 0 saturated heterocycles. The van der Waals surface area contributed by atoms with Crippen LogP contribution in [-0.4, -0.2) is 25.9 Å². The second kappa shape index (κ2) is 11.5. The molecule has 0 aliphatic carbocycles. The molecule has 0 bridgehead atoms. The number of nitrogens with one attached hydrogen (secondary N) is 2. The first-order valence-corrected chi connectivity index (χ1v) is 11.0. The molecule has 2 N–H and O–H groups in total. The van der Waals surface area contributed by atoms with Crippen LogP contribution in [0.5, 0.6) is 5.75 Å². The topological polar surface area (TPSA) is 50.4 Å². The number of alkyl halides is 6. The highest BCUT2D eigenvalue weighted by molar-refractivity contribution is 5.82. The van der Waals surface area contributed by atoms with E-state index in [2.05, 4.69) is 15.4 Å². The second-order valence-electron chi connectivity index (χ2n) is 7.99. The zero-order valence-electron chi connectivity index (χ0n) is 19.2. The largest absolute Gasteiger partial charge is 0.573 e. The van der Waals surface area contributed by atoms with Crippen molar-refractivity contribution in [3.05, 3.63) is 101 Å². The van der Waals surface area contributed by atoms with E-state index >= 15 is 0 Å². The lowest BCUT2D eigenvalue weighted by Gasteiger charge is -2.23. The van der Waals surface area contributed by atoms with E-state index in [9.17, 15) is 31.1 Å². The molecule has 36 heavy (non-hydrogen) atoms.